The van der Waals surface area contributed by atoms with Crippen LogP contribution in [0.5, 0.6) is 0 Å². The normalized spacial score (nSPS) is 17.7. The Morgan fingerprint density at radius 2 is 2.30 bits per heavy atom. The molecule has 6 heteroatoms. The van der Waals surface area contributed by atoms with Crippen LogP contribution in [0.25, 0.3) is 11.0 Å². The van der Waals surface area contributed by atoms with Crippen LogP contribution in [0.2, 0.25) is 0 Å². The molecular formula is C17H17N3O3. The van der Waals surface area contributed by atoms with Crippen LogP contribution in [0.1, 0.15) is 40.8 Å². The summed E-state index contributed by atoms with van der Waals surface area (Å²) in [6.45, 7) is 2.75. The third kappa shape index (κ3) is 2.61. The number of carbonyl (C=O) groups is 1. The van der Waals surface area contributed by atoms with E-state index in [4.69, 9.17) is 9.15 Å². The van der Waals surface area contributed by atoms with Gasteiger partial charge in [0.05, 0.1) is 11.8 Å². The first-order chi connectivity index (χ1) is 11.2. The molecule has 1 aliphatic heterocycles. The number of amides is 1. The van der Waals surface area contributed by atoms with E-state index in [1.165, 1.54) is 0 Å². The Bertz CT molecular complexity index is 859. The van der Waals surface area contributed by atoms with E-state index in [9.17, 15) is 4.79 Å². The molecule has 3 heterocycles. The number of aryl methyl sites for hydroxylation is 1. The number of hydrogen-bond donors (Lipinski definition) is 2. The van der Waals surface area contributed by atoms with Gasteiger partial charge in [0.1, 0.15) is 5.58 Å². The van der Waals surface area contributed by atoms with E-state index in [0.29, 0.717) is 11.4 Å². The number of hydrogen-bond acceptors (Lipinski definition) is 4. The fraction of sp³-hybridized carbons (Fsp3) is 0.294. The number of furan rings is 1. The number of fused-ring (bicyclic) bond motifs is 1. The molecule has 3 aromatic rings. The van der Waals surface area contributed by atoms with Crippen molar-refractivity contribution in [1.29, 1.82) is 0 Å². The summed E-state index contributed by atoms with van der Waals surface area (Å²) in [5.74, 6) is 0.430. The van der Waals surface area contributed by atoms with Gasteiger partial charge in [0.15, 0.2) is 11.6 Å². The molecule has 1 atom stereocenters. The molecule has 0 bridgehead atoms. The fourth-order valence-corrected chi connectivity index (χ4v) is 2.89. The molecule has 6 nitrogen and oxygen atoms in total. The zero-order valence-corrected chi connectivity index (χ0v) is 12.8. The van der Waals surface area contributed by atoms with Crippen molar-refractivity contribution < 1.29 is 13.9 Å². The van der Waals surface area contributed by atoms with E-state index in [2.05, 4.69) is 15.5 Å². The summed E-state index contributed by atoms with van der Waals surface area (Å²) in [6, 6.07) is 9.31. The number of nitrogens with one attached hydrogen (secondary N) is 2. The molecule has 1 amide bonds. The highest BCUT2D eigenvalue weighted by Crippen LogP contribution is 2.28. The van der Waals surface area contributed by atoms with Crippen LogP contribution in [-0.2, 0) is 4.74 Å². The second kappa shape index (κ2) is 5.55. The predicted molar refractivity (Wildman–Crippen MR) is 85.4 cm³/mol. The second-order valence-electron chi connectivity index (χ2n) is 5.76. The average molecular weight is 311 g/mol. The van der Waals surface area contributed by atoms with Gasteiger partial charge in [0, 0.05) is 18.1 Å². The Hall–Kier alpha value is -2.60. The lowest BCUT2D eigenvalue weighted by Crippen LogP contribution is -2.11. The largest absolute Gasteiger partial charge is 0.451 e. The van der Waals surface area contributed by atoms with Gasteiger partial charge >= 0.3 is 0 Å². The van der Waals surface area contributed by atoms with Gasteiger partial charge in [-0.3, -0.25) is 9.89 Å². The molecule has 1 fully saturated rings. The molecular weight excluding hydrogens is 294 g/mol. The molecule has 0 aliphatic carbocycles. The van der Waals surface area contributed by atoms with Crippen molar-refractivity contribution in [2.75, 3.05) is 11.9 Å². The zero-order valence-electron chi connectivity index (χ0n) is 12.8. The number of aromatic nitrogens is 2. The number of rotatable bonds is 3. The van der Waals surface area contributed by atoms with Crippen LogP contribution in [0.3, 0.4) is 0 Å². The van der Waals surface area contributed by atoms with Crippen molar-refractivity contribution in [1.82, 2.24) is 10.2 Å². The molecule has 4 rings (SSSR count). The number of anilines is 1. The van der Waals surface area contributed by atoms with E-state index in [1.54, 1.807) is 6.07 Å². The molecule has 23 heavy (non-hydrogen) atoms. The zero-order chi connectivity index (χ0) is 15.8. The molecule has 1 aromatic carbocycles. The molecule has 1 aliphatic rings. The van der Waals surface area contributed by atoms with Gasteiger partial charge in [-0.15, -0.1) is 0 Å². The Morgan fingerprint density at radius 3 is 3.09 bits per heavy atom. The van der Waals surface area contributed by atoms with Crippen LogP contribution in [0.4, 0.5) is 5.82 Å². The van der Waals surface area contributed by atoms with E-state index < -0.39 is 0 Å². The fourth-order valence-electron chi connectivity index (χ4n) is 2.89. The van der Waals surface area contributed by atoms with Crippen molar-refractivity contribution in [3.63, 3.8) is 0 Å². The topological polar surface area (TPSA) is 80.1 Å². The molecule has 0 radical (unpaired) electrons. The first-order valence-electron chi connectivity index (χ1n) is 7.68. The maximum absolute atomic E-state index is 12.3. The van der Waals surface area contributed by atoms with E-state index in [0.717, 1.165) is 36.1 Å². The Kier molecular flexibility index (Phi) is 3.38. The van der Waals surface area contributed by atoms with Crippen LogP contribution in [0.15, 0.2) is 34.7 Å². The smallest absolute Gasteiger partial charge is 0.292 e. The molecule has 118 valence electrons. The van der Waals surface area contributed by atoms with Gasteiger partial charge in [0.25, 0.3) is 5.91 Å². The van der Waals surface area contributed by atoms with Crippen LogP contribution >= 0.6 is 0 Å². The van der Waals surface area contributed by atoms with Crippen molar-refractivity contribution in [3.8, 4) is 0 Å². The number of aromatic amines is 1. The van der Waals surface area contributed by atoms with Crippen molar-refractivity contribution >= 4 is 22.7 Å². The molecule has 2 N–H and O–H groups in total. The van der Waals surface area contributed by atoms with Gasteiger partial charge < -0.3 is 14.5 Å². The number of H-pyrrole nitrogens is 1. The van der Waals surface area contributed by atoms with Gasteiger partial charge in [-0.1, -0.05) is 12.1 Å². The highest BCUT2D eigenvalue weighted by Gasteiger charge is 2.21. The first-order valence-corrected chi connectivity index (χ1v) is 7.68. The standard InChI is InChI=1S/C17H17N3O3/c1-10-4-2-5-13-11(10)8-15(23-13)17(21)18-16-9-12(19-20-16)14-6-3-7-22-14/h2,4-5,8-9,14H,3,6-7H2,1H3,(H2,18,19,20,21). The molecule has 1 saturated heterocycles. The highest BCUT2D eigenvalue weighted by molar-refractivity contribution is 6.04. The number of nitrogens with zero attached hydrogens (tertiary/aromatic N) is 1. The van der Waals surface area contributed by atoms with Crippen molar-refractivity contribution in [2.24, 2.45) is 0 Å². The summed E-state index contributed by atoms with van der Waals surface area (Å²) in [6.07, 6.45) is 2.06. The number of ether oxygens (including phenoxy) is 1. The van der Waals surface area contributed by atoms with Crippen molar-refractivity contribution in [3.05, 3.63) is 47.3 Å². The quantitative estimate of drug-likeness (QED) is 0.775. The lowest BCUT2D eigenvalue weighted by atomic mass is 10.1. The van der Waals surface area contributed by atoms with Gasteiger partial charge in [-0.05, 0) is 37.5 Å². The summed E-state index contributed by atoms with van der Waals surface area (Å²) in [7, 11) is 0. The minimum atomic E-state index is -0.314. The van der Waals surface area contributed by atoms with Crippen LogP contribution < -0.4 is 5.32 Å². The Morgan fingerprint density at radius 1 is 1.39 bits per heavy atom. The van der Waals surface area contributed by atoms with Crippen LogP contribution in [0, 0.1) is 6.92 Å². The predicted octanol–water partition coefficient (Wildman–Crippen LogP) is 3.57. The van der Waals surface area contributed by atoms with E-state index >= 15 is 0 Å². The molecule has 0 saturated carbocycles. The Labute approximate surface area is 132 Å². The molecule has 1 unspecified atom stereocenters. The lowest BCUT2D eigenvalue weighted by molar-refractivity contribution is 0.0998. The monoisotopic (exact) mass is 311 g/mol. The Balaban J connectivity index is 1.53. The van der Waals surface area contributed by atoms with Gasteiger partial charge in [-0.2, -0.15) is 5.10 Å². The summed E-state index contributed by atoms with van der Waals surface area (Å²) in [5.41, 5.74) is 2.67. The van der Waals surface area contributed by atoms with Crippen molar-refractivity contribution in [2.45, 2.75) is 25.9 Å². The second-order valence-corrected chi connectivity index (χ2v) is 5.76. The van der Waals surface area contributed by atoms with Crippen LogP contribution in [-0.4, -0.2) is 22.7 Å². The minimum Gasteiger partial charge on any atom is -0.451 e. The minimum absolute atomic E-state index is 0.0435. The summed E-state index contributed by atoms with van der Waals surface area (Å²) in [5, 5.41) is 10.7. The average Bonchev–Trinajstić information content (AvgIpc) is 3.27. The maximum Gasteiger partial charge on any atom is 0.292 e. The van der Waals surface area contributed by atoms with Gasteiger partial charge in [-0.25, -0.2) is 0 Å². The third-order valence-corrected chi connectivity index (χ3v) is 4.12. The highest BCUT2D eigenvalue weighted by atomic mass is 16.5. The van der Waals surface area contributed by atoms with Gasteiger partial charge in [0.2, 0.25) is 0 Å². The summed E-state index contributed by atoms with van der Waals surface area (Å²) in [4.78, 5) is 12.3. The summed E-state index contributed by atoms with van der Waals surface area (Å²) >= 11 is 0. The maximum atomic E-state index is 12.3. The number of benzene rings is 1. The van der Waals surface area contributed by atoms with E-state index in [1.807, 2.05) is 31.2 Å². The van der Waals surface area contributed by atoms with E-state index in [-0.39, 0.29) is 17.8 Å². The summed E-state index contributed by atoms with van der Waals surface area (Å²) < 4.78 is 11.2. The molecule has 0 spiro atoms. The number of carbonyl (C=O) groups excluding carboxylic acids is 1. The SMILES string of the molecule is Cc1cccc2oc(C(=O)Nc3cc(C4CCCO4)[nH]n3)cc12. The molecule has 2 aromatic heterocycles. The first kappa shape index (κ1) is 14.0. The lowest BCUT2D eigenvalue weighted by Gasteiger charge is -2.04. The third-order valence-electron chi connectivity index (χ3n) is 4.12.